The van der Waals surface area contributed by atoms with Crippen LogP contribution in [0.15, 0.2) is 12.4 Å². The highest BCUT2D eigenvalue weighted by atomic mass is 32.1. The molecular formula is C18H28N4OS. The van der Waals surface area contributed by atoms with Crippen molar-refractivity contribution >= 4 is 27.4 Å². The molecule has 1 aliphatic carbocycles. The summed E-state index contributed by atoms with van der Waals surface area (Å²) in [5.41, 5.74) is 0. The molecule has 0 atom stereocenters. The number of nitrogens with zero attached hydrogens (tertiary/aromatic N) is 2. The minimum absolute atomic E-state index is 0.540. The molecular weight excluding hydrogens is 320 g/mol. The molecule has 6 heteroatoms. The summed E-state index contributed by atoms with van der Waals surface area (Å²) in [6, 6.07) is 2.73. The highest BCUT2D eigenvalue weighted by Crippen LogP contribution is 2.30. The van der Waals surface area contributed by atoms with Crippen LogP contribution >= 0.6 is 11.3 Å². The normalized spacial score (nSPS) is 16.9. The van der Waals surface area contributed by atoms with E-state index >= 15 is 0 Å². The van der Waals surface area contributed by atoms with Gasteiger partial charge in [0.25, 0.3) is 0 Å². The number of ether oxygens (including phenoxy) is 1. The first-order valence-electron chi connectivity index (χ1n) is 9.09. The average molecular weight is 349 g/mol. The Labute approximate surface area is 148 Å². The number of aromatic nitrogens is 2. The zero-order valence-electron chi connectivity index (χ0n) is 14.5. The van der Waals surface area contributed by atoms with E-state index in [0.29, 0.717) is 12.6 Å². The number of fused-ring (bicyclic) bond motifs is 1. The largest absolute Gasteiger partial charge is 0.375 e. The first-order valence-corrected chi connectivity index (χ1v) is 9.91. The van der Waals surface area contributed by atoms with Crippen molar-refractivity contribution in [3.8, 4) is 0 Å². The Morgan fingerprint density at radius 3 is 2.75 bits per heavy atom. The van der Waals surface area contributed by atoms with Crippen molar-refractivity contribution in [1.82, 2.24) is 15.3 Å². The maximum atomic E-state index is 5.69. The van der Waals surface area contributed by atoms with Gasteiger partial charge in [0.1, 0.15) is 17.0 Å². The van der Waals surface area contributed by atoms with E-state index in [9.17, 15) is 0 Å². The number of rotatable bonds is 7. The van der Waals surface area contributed by atoms with Crippen LogP contribution in [0.25, 0.3) is 10.2 Å². The Bertz CT molecular complexity index is 623. The molecule has 1 saturated carbocycles. The summed E-state index contributed by atoms with van der Waals surface area (Å²) in [6.45, 7) is 2.24. The third-order valence-electron chi connectivity index (χ3n) is 4.57. The number of anilines is 1. The molecule has 0 spiro atoms. The molecule has 0 unspecified atom stereocenters. The maximum Gasteiger partial charge on any atom is 0.138 e. The van der Waals surface area contributed by atoms with E-state index in [1.165, 1.54) is 49.8 Å². The van der Waals surface area contributed by atoms with Gasteiger partial charge in [0.15, 0.2) is 0 Å². The van der Waals surface area contributed by atoms with Crippen molar-refractivity contribution in [2.75, 3.05) is 25.5 Å². The molecule has 0 aromatic carbocycles. The Kier molecular flexibility index (Phi) is 6.81. The summed E-state index contributed by atoms with van der Waals surface area (Å²) in [5, 5.41) is 7.91. The molecule has 0 amide bonds. The van der Waals surface area contributed by atoms with Crippen LogP contribution in [0.2, 0.25) is 0 Å². The summed E-state index contributed by atoms with van der Waals surface area (Å²) in [5.74, 6) is 0.989. The fourth-order valence-electron chi connectivity index (χ4n) is 3.23. The van der Waals surface area contributed by atoms with E-state index < -0.39 is 0 Å². The van der Waals surface area contributed by atoms with Gasteiger partial charge in [-0.1, -0.05) is 32.1 Å². The highest BCUT2D eigenvalue weighted by Gasteiger charge is 2.15. The van der Waals surface area contributed by atoms with E-state index in [1.54, 1.807) is 17.7 Å². The van der Waals surface area contributed by atoms with Crippen molar-refractivity contribution < 1.29 is 4.74 Å². The molecule has 2 heterocycles. The van der Waals surface area contributed by atoms with Crippen LogP contribution in [0.5, 0.6) is 0 Å². The Hall–Kier alpha value is -1.24. The SMILES string of the molecule is CNCCOCc1cc2c(NC3CCCCCCC3)ncnc2s1. The number of hydrogen-bond acceptors (Lipinski definition) is 6. The zero-order chi connectivity index (χ0) is 16.6. The van der Waals surface area contributed by atoms with Gasteiger partial charge in [0.05, 0.1) is 18.6 Å². The molecule has 2 aromatic rings. The predicted octanol–water partition coefficient (Wildman–Crippen LogP) is 3.95. The zero-order valence-corrected chi connectivity index (χ0v) is 15.3. The fraction of sp³-hybridized carbons (Fsp3) is 0.667. The number of hydrogen-bond donors (Lipinski definition) is 2. The van der Waals surface area contributed by atoms with Crippen molar-refractivity contribution in [2.45, 2.75) is 57.6 Å². The smallest absolute Gasteiger partial charge is 0.138 e. The number of thiophene rings is 1. The molecule has 24 heavy (non-hydrogen) atoms. The van der Waals surface area contributed by atoms with E-state index in [2.05, 4.69) is 26.7 Å². The average Bonchev–Trinajstić information content (AvgIpc) is 2.98. The van der Waals surface area contributed by atoms with Crippen molar-refractivity contribution in [3.63, 3.8) is 0 Å². The lowest BCUT2D eigenvalue weighted by Crippen LogP contribution is -2.21. The Morgan fingerprint density at radius 1 is 1.17 bits per heavy atom. The minimum atomic E-state index is 0.540. The Balaban J connectivity index is 1.67. The molecule has 5 nitrogen and oxygen atoms in total. The van der Waals surface area contributed by atoms with Gasteiger partial charge in [-0.25, -0.2) is 9.97 Å². The number of likely N-dealkylation sites (N-methyl/N-ethyl adjacent to an activating group) is 1. The van der Waals surface area contributed by atoms with Gasteiger partial charge < -0.3 is 15.4 Å². The molecule has 0 bridgehead atoms. The quantitative estimate of drug-likeness (QED) is 0.742. The maximum absolute atomic E-state index is 5.69. The minimum Gasteiger partial charge on any atom is -0.375 e. The van der Waals surface area contributed by atoms with Crippen molar-refractivity contribution in [3.05, 3.63) is 17.3 Å². The van der Waals surface area contributed by atoms with Crippen molar-refractivity contribution in [2.24, 2.45) is 0 Å². The fourth-order valence-corrected chi connectivity index (χ4v) is 4.17. The van der Waals surface area contributed by atoms with E-state index in [0.717, 1.165) is 29.2 Å². The molecule has 1 fully saturated rings. The lowest BCUT2D eigenvalue weighted by Gasteiger charge is -2.21. The molecule has 2 aromatic heterocycles. The second-order valence-corrected chi connectivity index (χ2v) is 7.61. The molecule has 0 saturated heterocycles. The van der Waals surface area contributed by atoms with Gasteiger partial charge in [0, 0.05) is 17.5 Å². The highest BCUT2D eigenvalue weighted by molar-refractivity contribution is 7.18. The monoisotopic (exact) mass is 348 g/mol. The van der Waals surface area contributed by atoms with Crippen molar-refractivity contribution in [1.29, 1.82) is 0 Å². The van der Waals surface area contributed by atoms with Gasteiger partial charge in [-0.05, 0) is 26.0 Å². The predicted molar refractivity (Wildman–Crippen MR) is 101 cm³/mol. The topological polar surface area (TPSA) is 59.1 Å². The van der Waals surface area contributed by atoms with Gasteiger partial charge in [-0.3, -0.25) is 0 Å². The summed E-state index contributed by atoms with van der Waals surface area (Å²) >= 11 is 1.70. The lowest BCUT2D eigenvalue weighted by molar-refractivity contribution is 0.126. The van der Waals surface area contributed by atoms with E-state index in [4.69, 9.17) is 4.74 Å². The summed E-state index contributed by atoms with van der Waals surface area (Å²) in [4.78, 5) is 11.2. The summed E-state index contributed by atoms with van der Waals surface area (Å²) in [6.07, 6.45) is 10.9. The summed E-state index contributed by atoms with van der Waals surface area (Å²) < 4.78 is 5.69. The molecule has 0 radical (unpaired) electrons. The second-order valence-electron chi connectivity index (χ2n) is 6.50. The van der Waals surface area contributed by atoms with E-state index in [1.807, 2.05) is 7.05 Å². The summed E-state index contributed by atoms with van der Waals surface area (Å²) in [7, 11) is 1.94. The van der Waals surface area contributed by atoms with Gasteiger partial charge >= 0.3 is 0 Å². The third kappa shape index (κ3) is 4.88. The van der Waals surface area contributed by atoms with Crippen LogP contribution < -0.4 is 10.6 Å². The Morgan fingerprint density at radius 2 is 1.96 bits per heavy atom. The molecule has 0 aliphatic heterocycles. The third-order valence-corrected chi connectivity index (χ3v) is 5.58. The van der Waals surface area contributed by atoms with Gasteiger partial charge in [-0.2, -0.15) is 0 Å². The standard InChI is InChI=1S/C18H28N4OS/c1-19-9-10-23-12-15-11-16-17(20-13-21-18(16)24-15)22-14-7-5-3-2-4-6-8-14/h11,13-14,19H,2-10,12H2,1H3,(H,20,21,22). The molecule has 132 valence electrons. The van der Waals surface area contributed by atoms with Crippen LogP contribution in [0.1, 0.15) is 49.8 Å². The first-order chi connectivity index (χ1) is 11.9. The number of nitrogens with one attached hydrogen (secondary N) is 2. The van der Waals surface area contributed by atoms with Gasteiger partial charge in [0.2, 0.25) is 0 Å². The lowest BCUT2D eigenvalue weighted by atomic mass is 9.97. The first kappa shape index (κ1) is 17.6. The van der Waals surface area contributed by atoms with Gasteiger partial charge in [-0.15, -0.1) is 11.3 Å². The molecule has 2 N–H and O–H groups in total. The van der Waals surface area contributed by atoms with Crippen LogP contribution in [-0.4, -0.2) is 36.2 Å². The molecule has 3 rings (SSSR count). The van der Waals surface area contributed by atoms with Crippen LogP contribution in [0, 0.1) is 0 Å². The van der Waals surface area contributed by atoms with Crippen LogP contribution in [0.3, 0.4) is 0 Å². The van der Waals surface area contributed by atoms with E-state index in [-0.39, 0.29) is 0 Å². The molecule has 1 aliphatic rings. The second kappa shape index (κ2) is 9.30. The van der Waals surface area contributed by atoms with Crippen LogP contribution in [-0.2, 0) is 11.3 Å². The van der Waals surface area contributed by atoms with Crippen LogP contribution in [0.4, 0.5) is 5.82 Å².